The Hall–Kier alpha value is -0.430. The molecular formula is C16H22S. The monoisotopic (exact) mass is 246 g/mol. The molecule has 0 saturated heterocycles. The van der Waals surface area contributed by atoms with Gasteiger partial charge in [0, 0.05) is 9.64 Å². The van der Waals surface area contributed by atoms with Crippen LogP contribution in [0.5, 0.6) is 0 Å². The van der Waals surface area contributed by atoms with Crippen LogP contribution in [0.2, 0.25) is 0 Å². The van der Waals surface area contributed by atoms with Crippen molar-refractivity contribution in [3.05, 3.63) is 30.3 Å². The lowest BCUT2D eigenvalue weighted by molar-refractivity contribution is -0.0851. The standard InChI is InChI=1S/C16H22S/c1-15(2)12-9-10-16(3,14(15)11-12)17-13-7-5-4-6-8-13/h4-8,12,14H,9-11H2,1-3H3/t12-,14+,16+/m1/s1. The minimum atomic E-state index is 0.458. The molecule has 3 aliphatic rings. The number of thioether (sulfide) groups is 1. The lowest BCUT2D eigenvalue weighted by Gasteiger charge is -2.64. The van der Waals surface area contributed by atoms with Crippen molar-refractivity contribution >= 4 is 11.8 Å². The number of fused-ring (bicyclic) bond motifs is 2. The number of hydrogen-bond donors (Lipinski definition) is 0. The molecule has 0 heterocycles. The zero-order valence-corrected chi connectivity index (χ0v) is 11.9. The Morgan fingerprint density at radius 3 is 2.41 bits per heavy atom. The summed E-state index contributed by atoms with van der Waals surface area (Å²) < 4.78 is 0.458. The fraction of sp³-hybridized carbons (Fsp3) is 0.625. The predicted molar refractivity (Wildman–Crippen MR) is 75.3 cm³/mol. The van der Waals surface area contributed by atoms with Crippen molar-refractivity contribution in [3.8, 4) is 0 Å². The first-order valence-electron chi connectivity index (χ1n) is 6.76. The fourth-order valence-electron chi connectivity index (χ4n) is 4.06. The third-order valence-electron chi connectivity index (χ3n) is 5.29. The normalized spacial score (nSPS) is 38.5. The number of rotatable bonds is 2. The van der Waals surface area contributed by atoms with Gasteiger partial charge in [-0.25, -0.2) is 0 Å². The molecule has 1 heteroatoms. The molecule has 0 nitrogen and oxygen atoms in total. The minimum Gasteiger partial charge on any atom is -0.119 e. The van der Waals surface area contributed by atoms with Crippen LogP contribution in [0.15, 0.2) is 35.2 Å². The Morgan fingerprint density at radius 2 is 1.82 bits per heavy atom. The molecule has 0 unspecified atom stereocenters. The van der Waals surface area contributed by atoms with Gasteiger partial charge in [-0.3, -0.25) is 0 Å². The molecule has 2 bridgehead atoms. The first-order valence-corrected chi connectivity index (χ1v) is 7.58. The second kappa shape index (κ2) is 3.78. The summed E-state index contributed by atoms with van der Waals surface area (Å²) in [6.07, 6.45) is 4.29. The van der Waals surface area contributed by atoms with Gasteiger partial charge in [-0.05, 0) is 55.6 Å². The van der Waals surface area contributed by atoms with E-state index in [-0.39, 0.29) is 0 Å². The molecule has 3 saturated carbocycles. The van der Waals surface area contributed by atoms with Gasteiger partial charge in [0.15, 0.2) is 0 Å². The van der Waals surface area contributed by atoms with Gasteiger partial charge < -0.3 is 0 Å². The molecule has 1 aromatic rings. The molecule has 0 aliphatic heterocycles. The highest BCUT2D eigenvalue weighted by atomic mass is 32.2. The maximum atomic E-state index is 2.49. The Morgan fingerprint density at radius 1 is 1.12 bits per heavy atom. The van der Waals surface area contributed by atoms with Gasteiger partial charge >= 0.3 is 0 Å². The van der Waals surface area contributed by atoms with Crippen molar-refractivity contribution in [2.75, 3.05) is 0 Å². The van der Waals surface area contributed by atoms with Crippen LogP contribution < -0.4 is 0 Å². The van der Waals surface area contributed by atoms with Crippen LogP contribution in [-0.2, 0) is 0 Å². The molecule has 4 rings (SSSR count). The summed E-state index contributed by atoms with van der Waals surface area (Å²) in [5.41, 5.74) is 0.578. The van der Waals surface area contributed by atoms with Crippen LogP contribution in [0, 0.1) is 17.3 Å². The first kappa shape index (κ1) is 11.6. The Kier molecular flexibility index (Phi) is 2.59. The van der Waals surface area contributed by atoms with Crippen molar-refractivity contribution in [2.24, 2.45) is 17.3 Å². The van der Waals surface area contributed by atoms with Gasteiger partial charge in [0.2, 0.25) is 0 Å². The molecule has 17 heavy (non-hydrogen) atoms. The lowest BCUT2D eigenvalue weighted by Crippen LogP contribution is -2.58. The molecule has 0 radical (unpaired) electrons. The van der Waals surface area contributed by atoms with Gasteiger partial charge in [-0.15, -0.1) is 11.8 Å². The predicted octanol–water partition coefficient (Wildman–Crippen LogP) is 4.99. The molecule has 3 fully saturated rings. The number of hydrogen-bond acceptors (Lipinski definition) is 1. The largest absolute Gasteiger partial charge is 0.119 e. The van der Waals surface area contributed by atoms with Crippen LogP contribution in [0.3, 0.4) is 0 Å². The van der Waals surface area contributed by atoms with Crippen LogP contribution in [0.1, 0.15) is 40.0 Å². The van der Waals surface area contributed by atoms with Crippen molar-refractivity contribution in [1.29, 1.82) is 0 Å². The van der Waals surface area contributed by atoms with E-state index in [1.54, 1.807) is 0 Å². The average Bonchev–Trinajstić information content (AvgIpc) is 2.29. The average molecular weight is 246 g/mol. The second-order valence-corrected chi connectivity index (χ2v) is 8.18. The Bertz CT molecular complexity index is 407. The summed E-state index contributed by atoms with van der Waals surface area (Å²) in [7, 11) is 0. The third kappa shape index (κ3) is 1.74. The van der Waals surface area contributed by atoms with Crippen LogP contribution in [0.4, 0.5) is 0 Å². The van der Waals surface area contributed by atoms with E-state index in [1.165, 1.54) is 24.2 Å². The van der Waals surface area contributed by atoms with Crippen LogP contribution >= 0.6 is 11.8 Å². The highest BCUT2D eigenvalue weighted by molar-refractivity contribution is 8.00. The molecule has 1 aromatic carbocycles. The van der Waals surface area contributed by atoms with E-state index >= 15 is 0 Å². The van der Waals surface area contributed by atoms with E-state index in [1.807, 2.05) is 0 Å². The highest BCUT2D eigenvalue weighted by Gasteiger charge is 2.59. The molecular weight excluding hydrogens is 224 g/mol. The summed E-state index contributed by atoms with van der Waals surface area (Å²) in [4.78, 5) is 1.44. The van der Waals surface area contributed by atoms with Crippen LogP contribution in [0.25, 0.3) is 0 Å². The summed E-state index contributed by atoms with van der Waals surface area (Å²) in [6, 6.07) is 10.9. The summed E-state index contributed by atoms with van der Waals surface area (Å²) in [5.74, 6) is 1.90. The van der Waals surface area contributed by atoms with E-state index in [2.05, 4.69) is 62.9 Å². The van der Waals surface area contributed by atoms with Crippen molar-refractivity contribution in [3.63, 3.8) is 0 Å². The summed E-state index contributed by atoms with van der Waals surface area (Å²) >= 11 is 2.12. The zero-order valence-electron chi connectivity index (χ0n) is 11.1. The maximum Gasteiger partial charge on any atom is 0.0212 e. The molecule has 92 valence electrons. The molecule has 3 aliphatic carbocycles. The quantitative estimate of drug-likeness (QED) is 0.708. The molecule has 3 atom stereocenters. The maximum absolute atomic E-state index is 2.49. The Balaban J connectivity index is 1.82. The van der Waals surface area contributed by atoms with Crippen molar-refractivity contribution in [1.82, 2.24) is 0 Å². The smallest absolute Gasteiger partial charge is 0.0212 e. The Labute approximate surface area is 109 Å². The van der Waals surface area contributed by atoms with E-state index < -0.39 is 0 Å². The molecule has 0 aromatic heterocycles. The van der Waals surface area contributed by atoms with E-state index in [9.17, 15) is 0 Å². The van der Waals surface area contributed by atoms with E-state index in [4.69, 9.17) is 0 Å². The van der Waals surface area contributed by atoms with E-state index in [0.717, 1.165) is 11.8 Å². The summed E-state index contributed by atoms with van der Waals surface area (Å²) in [5, 5.41) is 0. The zero-order chi connectivity index (χ0) is 12.1. The summed E-state index contributed by atoms with van der Waals surface area (Å²) in [6.45, 7) is 7.45. The fourth-order valence-corrected chi connectivity index (χ4v) is 5.65. The van der Waals surface area contributed by atoms with Gasteiger partial charge in [0.1, 0.15) is 0 Å². The first-order chi connectivity index (χ1) is 8.02. The van der Waals surface area contributed by atoms with Crippen molar-refractivity contribution in [2.45, 2.75) is 49.7 Å². The second-order valence-electron chi connectivity index (χ2n) is 6.57. The van der Waals surface area contributed by atoms with Gasteiger partial charge in [-0.2, -0.15) is 0 Å². The van der Waals surface area contributed by atoms with Crippen molar-refractivity contribution < 1.29 is 0 Å². The third-order valence-corrected chi connectivity index (χ3v) is 6.75. The highest BCUT2D eigenvalue weighted by Crippen LogP contribution is 2.66. The SMILES string of the molecule is CC1(C)[C@@H]2CC[C@](C)(Sc3ccccc3)[C@H]1C2. The number of benzene rings is 1. The van der Waals surface area contributed by atoms with Gasteiger partial charge in [0.25, 0.3) is 0 Å². The lowest BCUT2D eigenvalue weighted by atomic mass is 9.45. The minimum absolute atomic E-state index is 0.458. The topological polar surface area (TPSA) is 0 Å². The van der Waals surface area contributed by atoms with Crippen LogP contribution in [-0.4, -0.2) is 4.75 Å². The molecule has 0 spiro atoms. The molecule has 0 N–H and O–H groups in total. The molecule has 0 amide bonds. The van der Waals surface area contributed by atoms with Gasteiger partial charge in [0.05, 0.1) is 0 Å². The van der Waals surface area contributed by atoms with Gasteiger partial charge in [-0.1, -0.05) is 32.0 Å². The van der Waals surface area contributed by atoms with E-state index in [0.29, 0.717) is 10.2 Å².